The van der Waals surface area contributed by atoms with E-state index in [9.17, 15) is 0 Å². The van der Waals surface area contributed by atoms with E-state index in [-0.39, 0.29) is 0 Å². The standard InChI is InChI=1S/C13H24BN/c1-9(2)12-7-14-8-15(11(5)6)13(12)10(3)4/h11,14H,7-8H2,1-6H3. The average Bonchev–Trinajstić information content (AvgIpc) is 2.16. The van der Waals surface area contributed by atoms with Crippen molar-refractivity contribution in [2.24, 2.45) is 0 Å². The Kier molecular flexibility index (Phi) is 4.07. The van der Waals surface area contributed by atoms with Gasteiger partial charge in [-0.25, -0.2) is 0 Å². The maximum Gasteiger partial charge on any atom is 0.149 e. The zero-order valence-electron chi connectivity index (χ0n) is 11.1. The molecule has 0 aliphatic carbocycles. The molecule has 0 amide bonds. The summed E-state index contributed by atoms with van der Waals surface area (Å²) < 4.78 is 0. The summed E-state index contributed by atoms with van der Waals surface area (Å²) in [6, 6.07) is 0.615. The van der Waals surface area contributed by atoms with E-state index in [0.717, 1.165) is 0 Å². The van der Waals surface area contributed by atoms with E-state index in [4.69, 9.17) is 0 Å². The van der Waals surface area contributed by atoms with Crippen LogP contribution in [0.3, 0.4) is 0 Å². The first-order chi connectivity index (χ1) is 6.95. The zero-order chi connectivity index (χ0) is 11.6. The highest BCUT2D eigenvalue weighted by molar-refractivity contribution is 6.37. The lowest BCUT2D eigenvalue weighted by molar-refractivity contribution is 0.322. The van der Waals surface area contributed by atoms with Crippen molar-refractivity contribution >= 4 is 7.28 Å². The second kappa shape index (κ2) is 4.91. The van der Waals surface area contributed by atoms with Gasteiger partial charge in [0.2, 0.25) is 0 Å². The van der Waals surface area contributed by atoms with Crippen LogP contribution in [0.5, 0.6) is 0 Å². The molecule has 0 aromatic carbocycles. The molecule has 1 aliphatic heterocycles. The zero-order valence-corrected chi connectivity index (χ0v) is 11.1. The molecule has 0 aromatic rings. The smallest absolute Gasteiger partial charge is 0.149 e. The lowest BCUT2D eigenvalue weighted by Crippen LogP contribution is -2.39. The first-order valence-corrected chi connectivity index (χ1v) is 6.06. The Morgan fingerprint density at radius 1 is 1.13 bits per heavy atom. The molecule has 1 aliphatic rings. The molecule has 0 saturated carbocycles. The monoisotopic (exact) mass is 205 g/mol. The Labute approximate surface area is 95.5 Å². The Morgan fingerprint density at radius 3 is 2.13 bits per heavy atom. The number of allylic oxidation sites excluding steroid dienone is 3. The second-order valence-corrected chi connectivity index (χ2v) is 5.22. The molecule has 0 aromatic heterocycles. The summed E-state index contributed by atoms with van der Waals surface area (Å²) in [7, 11) is 1.30. The third kappa shape index (κ3) is 2.67. The van der Waals surface area contributed by atoms with Gasteiger partial charge in [0.15, 0.2) is 0 Å². The van der Waals surface area contributed by atoms with E-state index in [1.807, 2.05) is 0 Å². The fraction of sp³-hybridized carbons (Fsp3) is 0.692. The van der Waals surface area contributed by atoms with Crippen molar-refractivity contribution in [2.45, 2.75) is 53.9 Å². The van der Waals surface area contributed by atoms with Gasteiger partial charge in [0.05, 0.1) is 0 Å². The predicted molar refractivity (Wildman–Crippen MR) is 70.5 cm³/mol. The van der Waals surface area contributed by atoms with E-state index < -0.39 is 0 Å². The Balaban J connectivity index is 3.15. The van der Waals surface area contributed by atoms with Crippen LogP contribution in [-0.4, -0.2) is 24.7 Å². The molecule has 2 heteroatoms. The largest absolute Gasteiger partial charge is 0.377 e. The van der Waals surface area contributed by atoms with Gasteiger partial charge in [-0.3, -0.25) is 0 Å². The molecule has 0 radical (unpaired) electrons. The van der Waals surface area contributed by atoms with Gasteiger partial charge in [-0.1, -0.05) is 11.1 Å². The first-order valence-electron chi connectivity index (χ1n) is 6.06. The summed E-state index contributed by atoms with van der Waals surface area (Å²) in [5.74, 6) is 0. The normalized spacial score (nSPS) is 16.9. The molecule has 1 rings (SSSR count). The molecule has 0 N–H and O–H groups in total. The topological polar surface area (TPSA) is 3.24 Å². The van der Waals surface area contributed by atoms with Gasteiger partial charge in [0.25, 0.3) is 0 Å². The van der Waals surface area contributed by atoms with Crippen LogP contribution in [0.2, 0.25) is 6.32 Å². The summed E-state index contributed by atoms with van der Waals surface area (Å²) in [6.07, 6.45) is 2.47. The summed E-state index contributed by atoms with van der Waals surface area (Å²) in [5.41, 5.74) is 6.03. The molecule has 15 heavy (non-hydrogen) atoms. The Hall–Kier alpha value is -0.655. The van der Waals surface area contributed by atoms with Gasteiger partial charge in [0, 0.05) is 11.7 Å². The molecule has 0 bridgehead atoms. The number of hydrogen-bond donors (Lipinski definition) is 0. The maximum atomic E-state index is 2.56. The SMILES string of the molecule is CC(C)=C1CBCN(C(C)C)C1=C(C)C. The molecule has 0 atom stereocenters. The fourth-order valence-corrected chi connectivity index (χ4v) is 2.42. The van der Waals surface area contributed by atoms with Crippen molar-refractivity contribution in [3.05, 3.63) is 22.4 Å². The van der Waals surface area contributed by atoms with Crippen molar-refractivity contribution in [3.63, 3.8) is 0 Å². The highest BCUT2D eigenvalue weighted by Gasteiger charge is 2.23. The van der Waals surface area contributed by atoms with Crippen LogP contribution < -0.4 is 0 Å². The van der Waals surface area contributed by atoms with E-state index in [1.54, 1.807) is 5.57 Å². The minimum Gasteiger partial charge on any atom is -0.377 e. The average molecular weight is 205 g/mol. The van der Waals surface area contributed by atoms with Gasteiger partial charge >= 0.3 is 0 Å². The predicted octanol–water partition coefficient (Wildman–Crippen LogP) is 3.15. The van der Waals surface area contributed by atoms with Crippen LogP contribution in [0.15, 0.2) is 22.4 Å². The first kappa shape index (κ1) is 12.4. The van der Waals surface area contributed by atoms with Gasteiger partial charge < -0.3 is 4.90 Å². The van der Waals surface area contributed by atoms with Crippen molar-refractivity contribution in [2.75, 3.05) is 6.44 Å². The number of nitrogens with zero attached hydrogens (tertiary/aromatic N) is 1. The van der Waals surface area contributed by atoms with Gasteiger partial charge in [-0.05, 0) is 59.9 Å². The van der Waals surface area contributed by atoms with E-state index in [1.165, 1.54) is 36.9 Å². The molecular formula is C13H24BN. The quantitative estimate of drug-likeness (QED) is 0.594. The molecule has 0 unspecified atom stereocenters. The number of rotatable bonds is 1. The van der Waals surface area contributed by atoms with Crippen LogP contribution in [0, 0.1) is 0 Å². The van der Waals surface area contributed by atoms with E-state index in [2.05, 4.69) is 46.4 Å². The van der Waals surface area contributed by atoms with Crippen LogP contribution >= 0.6 is 0 Å². The van der Waals surface area contributed by atoms with Crippen molar-refractivity contribution < 1.29 is 0 Å². The maximum absolute atomic E-state index is 2.56. The highest BCUT2D eigenvalue weighted by atomic mass is 15.2. The minimum atomic E-state index is 0.615. The van der Waals surface area contributed by atoms with Crippen molar-refractivity contribution in [1.82, 2.24) is 4.90 Å². The lowest BCUT2D eigenvalue weighted by Gasteiger charge is -2.38. The Morgan fingerprint density at radius 2 is 1.73 bits per heavy atom. The minimum absolute atomic E-state index is 0.615. The highest BCUT2D eigenvalue weighted by Crippen LogP contribution is 2.30. The van der Waals surface area contributed by atoms with Crippen molar-refractivity contribution in [3.8, 4) is 0 Å². The van der Waals surface area contributed by atoms with Crippen LogP contribution in [0.1, 0.15) is 41.5 Å². The molecule has 1 nitrogen and oxygen atoms in total. The van der Waals surface area contributed by atoms with Gasteiger partial charge in [-0.2, -0.15) is 0 Å². The van der Waals surface area contributed by atoms with Gasteiger partial charge in [-0.15, -0.1) is 0 Å². The van der Waals surface area contributed by atoms with Gasteiger partial charge in [0.1, 0.15) is 7.28 Å². The summed E-state index contributed by atoms with van der Waals surface area (Å²) >= 11 is 0. The lowest BCUT2D eigenvalue weighted by atomic mass is 9.65. The number of hydrogen-bond acceptors (Lipinski definition) is 1. The van der Waals surface area contributed by atoms with Crippen molar-refractivity contribution in [1.29, 1.82) is 0 Å². The Bertz CT molecular complexity index is 292. The summed E-state index contributed by atoms with van der Waals surface area (Å²) in [5, 5.41) is 0. The molecule has 1 saturated heterocycles. The molecule has 1 fully saturated rings. The summed E-state index contributed by atoms with van der Waals surface area (Å²) in [6.45, 7) is 13.5. The molecule has 0 spiro atoms. The van der Waals surface area contributed by atoms with Crippen LogP contribution in [0.4, 0.5) is 0 Å². The van der Waals surface area contributed by atoms with Crippen LogP contribution in [-0.2, 0) is 0 Å². The van der Waals surface area contributed by atoms with E-state index >= 15 is 0 Å². The molecular weight excluding hydrogens is 181 g/mol. The fourth-order valence-electron chi connectivity index (χ4n) is 2.42. The third-order valence-electron chi connectivity index (χ3n) is 3.10. The van der Waals surface area contributed by atoms with Crippen LogP contribution in [0.25, 0.3) is 0 Å². The molecule has 1 heterocycles. The second-order valence-electron chi connectivity index (χ2n) is 5.22. The third-order valence-corrected chi connectivity index (χ3v) is 3.10. The molecule has 84 valence electrons. The van der Waals surface area contributed by atoms with E-state index in [0.29, 0.717) is 6.04 Å². The summed E-state index contributed by atoms with van der Waals surface area (Å²) in [4.78, 5) is 2.56.